The van der Waals surface area contributed by atoms with Crippen LogP contribution in [0.15, 0.2) is 42.5 Å². The highest BCUT2D eigenvalue weighted by Gasteiger charge is 2.20. The summed E-state index contributed by atoms with van der Waals surface area (Å²) in [7, 11) is -1.97. The molecule has 0 saturated heterocycles. The Bertz CT molecular complexity index is 1150. The Hall–Kier alpha value is -2.98. The number of benzene rings is 2. The number of carbonyl (C=O) groups excluding carboxylic acids is 2. The molecule has 10 heteroatoms. The molecule has 2 amide bonds. The predicted molar refractivity (Wildman–Crippen MR) is 115 cm³/mol. The predicted octanol–water partition coefficient (Wildman–Crippen LogP) is 2.90. The third-order valence-corrected chi connectivity index (χ3v) is 5.53. The number of sulfonamides is 1. The van der Waals surface area contributed by atoms with Gasteiger partial charge in [-0.1, -0.05) is 12.1 Å². The van der Waals surface area contributed by atoms with Gasteiger partial charge in [0.05, 0.1) is 34.3 Å². The first-order valence-corrected chi connectivity index (χ1v) is 11.3. The van der Waals surface area contributed by atoms with Gasteiger partial charge in [-0.25, -0.2) is 13.4 Å². The number of fused-ring (bicyclic) bond motifs is 1. The van der Waals surface area contributed by atoms with E-state index in [0.29, 0.717) is 5.69 Å². The van der Waals surface area contributed by atoms with Crippen LogP contribution in [0.5, 0.6) is 0 Å². The molecule has 0 aliphatic carbocycles. The first-order valence-electron chi connectivity index (χ1n) is 8.62. The van der Waals surface area contributed by atoms with Gasteiger partial charge in [0, 0.05) is 19.7 Å². The van der Waals surface area contributed by atoms with Crippen LogP contribution in [-0.2, 0) is 21.4 Å². The minimum absolute atomic E-state index is 0.130. The minimum atomic E-state index is -3.59. The van der Waals surface area contributed by atoms with E-state index in [1.54, 1.807) is 7.05 Å². The van der Waals surface area contributed by atoms with E-state index in [1.165, 1.54) is 41.4 Å². The molecule has 0 fully saturated rings. The van der Waals surface area contributed by atoms with Crippen molar-refractivity contribution in [1.82, 2.24) is 9.88 Å². The Morgan fingerprint density at radius 1 is 1.17 bits per heavy atom. The highest BCUT2D eigenvalue weighted by molar-refractivity contribution is 7.92. The number of nitrogens with one attached hydrogen (secondary N) is 2. The van der Waals surface area contributed by atoms with Gasteiger partial charge in [0.2, 0.25) is 15.9 Å². The van der Waals surface area contributed by atoms with Gasteiger partial charge in [0.25, 0.3) is 5.91 Å². The standard InChI is InChI=1S/C19H20N4O4S2/c1-12(24)20-13-8-9-15(22-29(3,26)27)14(10-13)19(25)23(2)11-18-21-16-6-4-5-7-17(16)28-18/h4-10,22H,11H2,1-3H3,(H,20,24). The molecule has 1 aromatic heterocycles. The Labute approximate surface area is 172 Å². The second kappa shape index (κ2) is 8.18. The van der Waals surface area contributed by atoms with Crippen LogP contribution in [0.3, 0.4) is 0 Å². The zero-order chi connectivity index (χ0) is 21.2. The van der Waals surface area contributed by atoms with Gasteiger partial charge in [0.15, 0.2) is 0 Å². The van der Waals surface area contributed by atoms with Crippen LogP contribution in [0.2, 0.25) is 0 Å². The van der Waals surface area contributed by atoms with Crippen LogP contribution in [0.1, 0.15) is 22.3 Å². The van der Waals surface area contributed by atoms with Crippen molar-refractivity contribution < 1.29 is 18.0 Å². The fourth-order valence-corrected chi connectivity index (χ4v) is 4.36. The molecule has 0 aliphatic rings. The molecule has 0 saturated carbocycles. The molecule has 1 heterocycles. The van der Waals surface area contributed by atoms with Gasteiger partial charge >= 0.3 is 0 Å². The Morgan fingerprint density at radius 3 is 2.55 bits per heavy atom. The van der Waals surface area contributed by atoms with Crippen molar-refractivity contribution in [3.8, 4) is 0 Å². The molecular weight excluding hydrogens is 412 g/mol. The summed E-state index contributed by atoms with van der Waals surface area (Å²) in [4.78, 5) is 30.4. The van der Waals surface area contributed by atoms with Crippen LogP contribution in [0.25, 0.3) is 10.2 Å². The molecule has 0 radical (unpaired) electrons. The molecule has 0 aliphatic heterocycles. The van der Waals surface area contributed by atoms with Gasteiger partial charge in [0.1, 0.15) is 5.01 Å². The maximum absolute atomic E-state index is 13.1. The maximum atomic E-state index is 13.1. The van der Waals surface area contributed by atoms with Crippen LogP contribution in [-0.4, -0.2) is 43.4 Å². The van der Waals surface area contributed by atoms with Gasteiger partial charge in [-0.05, 0) is 30.3 Å². The summed E-state index contributed by atoms with van der Waals surface area (Å²) in [5.41, 5.74) is 1.53. The molecule has 2 aromatic carbocycles. The summed E-state index contributed by atoms with van der Waals surface area (Å²) in [5.74, 6) is -0.697. The minimum Gasteiger partial charge on any atom is -0.335 e. The number of para-hydroxylation sites is 1. The van der Waals surface area contributed by atoms with Crippen molar-refractivity contribution in [2.75, 3.05) is 23.3 Å². The molecular formula is C19H20N4O4S2. The van der Waals surface area contributed by atoms with Crippen molar-refractivity contribution in [3.05, 3.63) is 53.0 Å². The van der Waals surface area contributed by atoms with E-state index in [0.717, 1.165) is 21.5 Å². The van der Waals surface area contributed by atoms with E-state index < -0.39 is 15.9 Å². The van der Waals surface area contributed by atoms with Crippen LogP contribution in [0.4, 0.5) is 11.4 Å². The molecule has 29 heavy (non-hydrogen) atoms. The lowest BCUT2D eigenvalue weighted by Gasteiger charge is -2.19. The zero-order valence-electron chi connectivity index (χ0n) is 16.1. The smallest absolute Gasteiger partial charge is 0.256 e. The Morgan fingerprint density at radius 2 is 1.90 bits per heavy atom. The third-order valence-electron chi connectivity index (χ3n) is 3.92. The number of nitrogens with zero attached hydrogens (tertiary/aromatic N) is 2. The quantitative estimate of drug-likeness (QED) is 0.623. The second-order valence-corrected chi connectivity index (χ2v) is 9.42. The number of hydrogen-bond acceptors (Lipinski definition) is 6. The van der Waals surface area contributed by atoms with E-state index in [4.69, 9.17) is 0 Å². The van der Waals surface area contributed by atoms with Gasteiger partial charge in [-0.2, -0.15) is 0 Å². The highest BCUT2D eigenvalue weighted by Crippen LogP contribution is 2.26. The number of anilines is 2. The van der Waals surface area contributed by atoms with E-state index in [9.17, 15) is 18.0 Å². The summed E-state index contributed by atoms with van der Waals surface area (Å²) in [6.07, 6.45) is 1.01. The van der Waals surface area contributed by atoms with Crippen molar-refractivity contribution in [2.45, 2.75) is 13.5 Å². The molecule has 0 unspecified atom stereocenters. The number of aromatic nitrogens is 1. The van der Waals surface area contributed by atoms with Crippen molar-refractivity contribution in [1.29, 1.82) is 0 Å². The lowest BCUT2D eigenvalue weighted by Crippen LogP contribution is -2.27. The topological polar surface area (TPSA) is 108 Å². The number of rotatable bonds is 6. The SMILES string of the molecule is CC(=O)Nc1ccc(NS(C)(=O)=O)c(C(=O)N(C)Cc2nc3ccccc3s2)c1. The van der Waals surface area contributed by atoms with E-state index in [2.05, 4.69) is 15.0 Å². The van der Waals surface area contributed by atoms with E-state index in [-0.39, 0.29) is 23.7 Å². The van der Waals surface area contributed by atoms with Crippen LogP contribution < -0.4 is 10.0 Å². The number of amides is 2. The molecule has 0 spiro atoms. The first-order chi connectivity index (χ1) is 13.6. The van der Waals surface area contributed by atoms with Crippen LogP contribution >= 0.6 is 11.3 Å². The molecule has 0 bridgehead atoms. The zero-order valence-corrected chi connectivity index (χ0v) is 17.7. The monoisotopic (exact) mass is 432 g/mol. The number of hydrogen-bond donors (Lipinski definition) is 2. The lowest BCUT2D eigenvalue weighted by molar-refractivity contribution is -0.114. The normalized spacial score (nSPS) is 11.3. The fraction of sp³-hybridized carbons (Fsp3) is 0.211. The third kappa shape index (κ3) is 5.30. The average Bonchev–Trinajstić information content (AvgIpc) is 3.03. The van der Waals surface area contributed by atoms with E-state index >= 15 is 0 Å². The van der Waals surface area contributed by atoms with Crippen LogP contribution in [0, 0.1) is 0 Å². The average molecular weight is 433 g/mol. The summed E-state index contributed by atoms with van der Waals surface area (Å²) in [6.45, 7) is 1.62. The maximum Gasteiger partial charge on any atom is 0.256 e. The first kappa shape index (κ1) is 20.7. The van der Waals surface area contributed by atoms with Gasteiger partial charge < -0.3 is 10.2 Å². The second-order valence-electron chi connectivity index (χ2n) is 6.55. The molecule has 152 valence electrons. The summed E-state index contributed by atoms with van der Waals surface area (Å²) in [6, 6.07) is 12.1. The largest absolute Gasteiger partial charge is 0.335 e. The molecule has 8 nitrogen and oxygen atoms in total. The van der Waals surface area contributed by atoms with Gasteiger partial charge in [-0.3, -0.25) is 14.3 Å². The van der Waals surface area contributed by atoms with Crippen molar-refractivity contribution in [3.63, 3.8) is 0 Å². The molecule has 0 atom stereocenters. The lowest BCUT2D eigenvalue weighted by atomic mass is 10.1. The summed E-state index contributed by atoms with van der Waals surface area (Å²) < 4.78 is 26.7. The number of carbonyl (C=O) groups is 2. The summed E-state index contributed by atoms with van der Waals surface area (Å²) in [5, 5.41) is 3.36. The molecule has 3 rings (SSSR count). The Balaban J connectivity index is 1.90. The highest BCUT2D eigenvalue weighted by atomic mass is 32.2. The van der Waals surface area contributed by atoms with Crippen molar-refractivity contribution in [2.24, 2.45) is 0 Å². The molecule has 2 N–H and O–H groups in total. The van der Waals surface area contributed by atoms with Gasteiger partial charge in [-0.15, -0.1) is 11.3 Å². The van der Waals surface area contributed by atoms with E-state index in [1.807, 2.05) is 24.3 Å². The molecule has 3 aromatic rings. The summed E-state index contributed by atoms with van der Waals surface area (Å²) >= 11 is 1.49. The number of thiazole rings is 1. The fourth-order valence-electron chi connectivity index (χ4n) is 2.76. The van der Waals surface area contributed by atoms with Crippen molar-refractivity contribution >= 4 is 54.8 Å². The Kier molecular flexibility index (Phi) is 5.85.